The summed E-state index contributed by atoms with van der Waals surface area (Å²) in [6.45, 7) is 2.03. The van der Waals surface area contributed by atoms with Crippen molar-refractivity contribution in [3.8, 4) is 0 Å². The molecule has 0 spiro atoms. The molecule has 0 amide bonds. The zero-order chi connectivity index (χ0) is 13.8. The molecule has 0 aliphatic carbocycles. The maximum atomic E-state index is 13.9. The molecule has 0 radical (unpaired) electrons. The Balaban J connectivity index is 2.13. The maximum absolute atomic E-state index is 13.9. The van der Waals surface area contributed by atoms with Crippen LogP contribution in [-0.2, 0) is 6.42 Å². The second-order valence-corrected chi connectivity index (χ2v) is 5.24. The third-order valence-corrected chi connectivity index (χ3v) is 3.66. The molecule has 0 aliphatic rings. The van der Waals surface area contributed by atoms with Gasteiger partial charge in [-0.15, -0.1) is 0 Å². The summed E-state index contributed by atoms with van der Waals surface area (Å²) in [4.78, 5) is 0. The fourth-order valence-electron chi connectivity index (χ4n) is 2.18. The van der Waals surface area contributed by atoms with Gasteiger partial charge in [-0.05, 0) is 29.5 Å². The van der Waals surface area contributed by atoms with E-state index in [-0.39, 0.29) is 22.8 Å². The Bertz CT molecular complexity index is 542. The van der Waals surface area contributed by atoms with Gasteiger partial charge < -0.3 is 5.73 Å². The summed E-state index contributed by atoms with van der Waals surface area (Å²) in [6.07, 6.45) is 0.572. The minimum atomic E-state index is -0.337. The van der Waals surface area contributed by atoms with Gasteiger partial charge in [-0.1, -0.05) is 61.0 Å². The number of benzene rings is 2. The van der Waals surface area contributed by atoms with Crippen LogP contribution in [0.3, 0.4) is 0 Å². The van der Waals surface area contributed by atoms with Gasteiger partial charge in [0.05, 0.1) is 5.02 Å². The second kappa shape index (κ2) is 6.18. The normalized spacial score (nSPS) is 14.1. The zero-order valence-electron chi connectivity index (χ0n) is 10.8. The van der Waals surface area contributed by atoms with Crippen LogP contribution < -0.4 is 5.73 Å². The standard InChI is InChI=1S/C16H17ClFN/c1-11(16(19)12-6-3-2-4-7-12)10-13-8-5-9-14(17)15(13)18/h2-9,11,16H,10,19H2,1H3. The first-order valence-electron chi connectivity index (χ1n) is 6.33. The lowest BCUT2D eigenvalue weighted by atomic mass is 9.90. The molecule has 19 heavy (non-hydrogen) atoms. The van der Waals surface area contributed by atoms with Crippen molar-refractivity contribution in [3.05, 3.63) is 70.5 Å². The third kappa shape index (κ3) is 3.34. The molecule has 2 atom stereocenters. The van der Waals surface area contributed by atoms with E-state index < -0.39 is 0 Å². The van der Waals surface area contributed by atoms with E-state index >= 15 is 0 Å². The summed E-state index contributed by atoms with van der Waals surface area (Å²) in [5.41, 5.74) is 7.90. The van der Waals surface area contributed by atoms with Crippen LogP contribution in [0.2, 0.25) is 5.02 Å². The van der Waals surface area contributed by atoms with Gasteiger partial charge in [-0.25, -0.2) is 4.39 Å². The molecule has 3 heteroatoms. The van der Waals surface area contributed by atoms with Crippen molar-refractivity contribution in [2.24, 2.45) is 11.7 Å². The lowest BCUT2D eigenvalue weighted by Crippen LogP contribution is -2.21. The number of rotatable bonds is 4. The Morgan fingerprint density at radius 2 is 1.79 bits per heavy atom. The van der Waals surface area contributed by atoms with Crippen LogP contribution in [0.5, 0.6) is 0 Å². The van der Waals surface area contributed by atoms with Crippen molar-refractivity contribution >= 4 is 11.6 Å². The highest BCUT2D eigenvalue weighted by atomic mass is 35.5. The number of hydrogen-bond acceptors (Lipinski definition) is 1. The van der Waals surface area contributed by atoms with Gasteiger partial charge in [0.25, 0.3) is 0 Å². The number of nitrogens with two attached hydrogens (primary N) is 1. The average Bonchev–Trinajstić information content (AvgIpc) is 2.44. The highest BCUT2D eigenvalue weighted by molar-refractivity contribution is 6.30. The van der Waals surface area contributed by atoms with Crippen molar-refractivity contribution in [3.63, 3.8) is 0 Å². The molecule has 0 aromatic heterocycles. The molecule has 0 saturated heterocycles. The molecule has 2 aromatic rings. The Morgan fingerprint density at radius 3 is 2.47 bits per heavy atom. The Kier molecular flexibility index (Phi) is 4.56. The van der Waals surface area contributed by atoms with Crippen LogP contribution in [0.1, 0.15) is 24.1 Å². The van der Waals surface area contributed by atoms with E-state index in [1.165, 1.54) is 0 Å². The summed E-state index contributed by atoms with van der Waals surface area (Å²) in [5.74, 6) is -0.202. The molecular formula is C16H17ClFN. The Morgan fingerprint density at radius 1 is 1.11 bits per heavy atom. The summed E-state index contributed by atoms with van der Waals surface area (Å²) in [7, 11) is 0. The van der Waals surface area contributed by atoms with E-state index in [1.54, 1.807) is 18.2 Å². The van der Waals surface area contributed by atoms with Gasteiger partial charge in [0.1, 0.15) is 5.82 Å². The van der Waals surface area contributed by atoms with Crippen LogP contribution in [0.15, 0.2) is 48.5 Å². The molecule has 2 N–H and O–H groups in total. The minimum absolute atomic E-state index is 0.111. The summed E-state index contributed by atoms with van der Waals surface area (Å²) in [5, 5.41) is 0.165. The second-order valence-electron chi connectivity index (χ2n) is 4.83. The largest absolute Gasteiger partial charge is 0.324 e. The predicted molar refractivity (Wildman–Crippen MR) is 77.6 cm³/mol. The van der Waals surface area contributed by atoms with E-state index in [0.29, 0.717) is 12.0 Å². The topological polar surface area (TPSA) is 26.0 Å². The lowest BCUT2D eigenvalue weighted by Gasteiger charge is -2.20. The first-order chi connectivity index (χ1) is 9.09. The van der Waals surface area contributed by atoms with Gasteiger partial charge in [0.2, 0.25) is 0 Å². The van der Waals surface area contributed by atoms with Gasteiger partial charge in [-0.3, -0.25) is 0 Å². The fraction of sp³-hybridized carbons (Fsp3) is 0.250. The van der Waals surface area contributed by atoms with Crippen LogP contribution in [0.4, 0.5) is 4.39 Å². The summed E-state index contributed by atoms with van der Waals surface area (Å²) < 4.78 is 13.9. The third-order valence-electron chi connectivity index (χ3n) is 3.37. The SMILES string of the molecule is CC(Cc1cccc(Cl)c1F)C(N)c1ccccc1. The van der Waals surface area contributed by atoms with Gasteiger partial charge in [0.15, 0.2) is 0 Å². The number of halogens is 2. The molecule has 0 bridgehead atoms. The lowest BCUT2D eigenvalue weighted by molar-refractivity contribution is 0.457. The van der Waals surface area contributed by atoms with Crippen LogP contribution in [0, 0.1) is 11.7 Å². The first kappa shape index (κ1) is 14.0. The molecule has 2 rings (SSSR count). The van der Waals surface area contributed by atoms with E-state index in [2.05, 4.69) is 0 Å². The van der Waals surface area contributed by atoms with Crippen molar-refractivity contribution in [1.82, 2.24) is 0 Å². The van der Waals surface area contributed by atoms with Gasteiger partial charge in [-0.2, -0.15) is 0 Å². The summed E-state index contributed by atoms with van der Waals surface area (Å²) >= 11 is 5.79. The van der Waals surface area contributed by atoms with Gasteiger partial charge in [0, 0.05) is 6.04 Å². The maximum Gasteiger partial charge on any atom is 0.144 e. The predicted octanol–water partition coefficient (Wildman–Crippen LogP) is 4.36. The minimum Gasteiger partial charge on any atom is -0.324 e. The molecule has 0 heterocycles. The molecule has 0 saturated carbocycles. The quantitative estimate of drug-likeness (QED) is 0.883. The number of hydrogen-bond donors (Lipinski definition) is 1. The van der Waals surface area contributed by atoms with Gasteiger partial charge >= 0.3 is 0 Å². The first-order valence-corrected chi connectivity index (χ1v) is 6.71. The smallest absolute Gasteiger partial charge is 0.144 e. The zero-order valence-corrected chi connectivity index (χ0v) is 11.6. The summed E-state index contributed by atoms with van der Waals surface area (Å²) in [6, 6.07) is 14.8. The molecule has 2 unspecified atom stereocenters. The molecule has 0 aliphatic heterocycles. The van der Waals surface area contributed by atoms with Crippen molar-refractivity contribution in [2.75, 3.05) is 0 Å². The molecule has 0 fully saturated rings. The Hall–Kier alpha value is -1.38. The van der Waals surface area contributed by atoms with E-state index in [0.717, 1.165) is 5.56 Å². The monoisotopic (exact) mass is 277 g/mol. The molecule has 100 valence electrons. The van der Waals surface area contributed by atoms with Crippen molar-refractivity contribution in [2.45, 2.75) is 19.4 Å². The van der Waals surface area contributed by atoms with Crippen molar-refractivity contribution in [1.29, 1.82) is 0 Å². The molecular weight excluding hydrogens is 261 g/mol. The Labute approximate surface area is 118 Å². The van der Waals surface area contributed by atoms with Crippen LogP contribution in [-0.4, -0.2) is 0 Å². The van der Waals surface area contributed by atoms with Crippen LogP contribution >= 0.6 is 11.6 Å². The van der Waals surface area contributed by atoms with Crippen LogP contribution in [0.25, 0.3) is 0 Å². The highest BCUT2D eigenvalue weighted by Crippen LogP contribution is 2.26. The molecule has 1 nitrogen and oxygen atoms in total. The highest BCUT2D eigenvalue weighted by Gasteiger charge is 2.17. The van der Waals surface area contributed by atoms with Crippen molar-refractivity contribution < 1.29 is 4.39 Å². The van der Waals surface area contributed by atoms with E-state index in [4.69, 9.17) is 17.3 Å². The van der Waals surface area contributed by atoms with E-state index in [9.17, 15) is 4.39 Å². The van der Waals surface area contributed by atoms with E-state index in [1.807, 2.05) is 37.3 Å². The fourth-order valence-corrected chi connectivity index (χ4v) is 2.38. The molecule has 2 aromatic carbocycles. The average molecular weight is 278 g/mol.